The molecule has 0 aliphatic heterocycles. The molecule has 0 N–H and O–H groups in total. The molecular weight excluding hydrogens is 548 g/mol. The van der Waals surface area contributed by atoms with Gasteiger partial charge in [-0.15, -0.1) is 0 Å². The summed E-state index contributed by atoms with van der Waals surface area (Å²) in [4.78, 5) is 23.6. The largest absolute Gasteiger partial charge is 0.457 e. The zero-order chi connectivity index (χ0) is 30.2. The van der Waals surface area contributed by atoms with Crippen LogP contribution in [0.15, 0.2) is 30.3 Å². The molecule has 0 radical (unpaired) electrons. The van der Waals surface area contributed by atoms with Gasteiger partial charge in [0.25, 0.3) is 5.78 Å². The third-order valence-corrected chi connectivity index (χ3v) is 5.68. The lowest BCUT2D eigenvalue weighted by Gasteiger charge is -2.09. The number of Topliss-reactive ketones (excluding diaryl/α,β-unsaturated/α-hetero) is 1. The highest BCUT2D eigenvalue weighted by Crippen LogP contribution is 2.02. The standard InChI is InChI=1S/C31H52O11/c1-2-3-4-5-9-12-34-13-14-35-15-16-36-17-18-37-19-20-38-21-22-39-23-24-40-25-26-41-27-28-42-31(33)30(32)29-10-7-6-8-11-29/h6-8,10-11H,2-5,9,12-28H2,1H3. The Labute approximate surface area is 251 Å². The minimum atomic E-state index is -0.891. The highest BCUT2D eigenvalue weighted by molar-refractivity contribution is 6.40. The van der Waals surface area contributed by atoms with E-state index in [9.17, 15) is 9.59 Å². The molecule has 0 atom stereocenters. The van der Waals surface area contributed by atoms with E-state index in [0.717, 1.165) is 13.0 Å². The van der Waals surface area contributed by atoms with Crippen LogP contribution in [0.5, 0.6) is 0 Å². The predicted octanol–water partition coefficient (Wildman–Crippen LogP) is 3.52. The Morgan fingerprint density at radius 1 is 0.452 bits per heavy atom. The summed E-state index contributed by atoms with van der Waals surface area (Å²) in [7, 11) is 0. The molecule has 0 saturated heterocycles. The fourth-order valence-electron chi connectivity index (χ4n) is 3.42. The van der Waals surface area contributed by atoms with Crippen molar-refractivity contribution in [3.8, 4) is 0 Å². The van der Waals surface area contributed by atoms with Gasteiger partial charge in [-0.05, 0) is 6.42 Å². The quantitative estimate of drug-likeness (QED) is 0.0523. The zero-order valence-corrected chi connectivity index (χ0v) is 25.4. The third kappa shape index (κ3) is 24.6. The van der Waals surface area contributed by atoms with E-state index >= 15 is 0 Å². The van der Waals surface area contributed by atoms with Crippen molar-refractivity contribution >= 4 is 11.8 Å². The predicted molar refractivity (Wildman–Crippen MR) is 157 cm³/mol. The van der Waals surface area contributed by atoms with Gasteiger partial charge < -0.3 is 42.6 Å². The van der Waals surface area contributed by atoms with Gasteiger partial charge in [0.15, 0.2) is 0 Å². The van der Waals surface area contributed by atoms with Crippen LogP contribution in [0.1, 0.15) is 49.4 Å². The Hall–Kier alpha value is -1.96. The molecule has 0 fully saturated rings. The van der Waals surface area contributed by atoms with Crippen molar-refractivity contribution in [2.45, 2.75) is 39.0 Å². The molecule has 0 amide bonds. The Morgan fingerprint density at radius 3 is 1.21 bits per heavy atom. The first-order valence-electron chi connectivity index (χ1n) is 15.1. The van der Waals surface area contributed by atoms with Crippen LogP contribution >= 0.6 is 0 Å². The summed E-state index contributed by atoms with van der Waals surface area (Å²) >= 11 is 0. The maximum absolute atomic E-state index is 11.9. The first kappa shape index (κ1) is 38.1. The minimum Gasteiger partial charge on any atom is -0.457 e. The lowest BCUT2D eigenvalue weighted by atomic mass is 10.1. The van der Waals surface area contributed by atoms with Crippen LogP contribution in [0, 0.1) is 0 Å². The molecule has 0 unspecified atom stereocenters. The second kappa shape index (κ2) is 30.5. The number of esters is 1. The van der Waals surface area contributed by atoms with E-state index in [4.69, 9.17) is 42.6 Å². The second-order valence-corrected chi connectivity index (χ2v) is 9.14. The van der Waals surface area contributed by atoms with Crippen molar-refractivity contribution in [1.29, 1.82) is 0 Å². The summed E-state index contributed by atoms with van der Waals surface area (Å²) in [6.45, 7) is 10.2. The molecule has 0 aliphatic carbocycles. The number of unbranched alkanes of at least 4 members (excludes halogenated alkanes) is 4. The van der Waals surface area contributed by atoms with Crippen molar-refractivity contribution in [3.63, 3.8) is 0 Å². The summed E-state index contributed by atoms with van der Waals surface area (Å²) in [6, 6.07) is 8.27. The molecule has 1 rings (SSSR count). The summed E-state index contributed by atoms with van der Waals surface area (Å²) in [5.41, 5.74) is 0.300. The van der Waals surface area contributed by atoms with Gasteiger partial charge in [-0.25, -0.2) is 4.79 Å². The van der Waals surface area contributed by atoms with Crippen molar-refractivity contribution in [2.75, 3.05) is 112 Å². The Bertz CT molecular complexity index is 733. The third-order valence-electron chi connectivity index (χ3n) is 5.68. The van der Waals surface area contributed by atoms with Crippen LogP contribution < -0.4 is 0 Å². The van der Waals surface area contributed by atoms with Crippen molar-refractivity contribution < 1.29 is 52.2 Å². The first-order chi connectivity index (χ1) is 20.8. The van der Waals surface area contributed by atoms with Gasteiger partial charge in [0, 0.05) is 12.2 Å². The molecule has 0 spiro atoms. The molecule has 42 heavy (non-hydrogen) atoms. The monoisotopic (exact) mass is 600 g/mol. The number of ketones is 1. The van der Waals surface area contributed by atoms with E-state index in [1.54, 1.807) is 30.3 Å². The number of carbonyl (C=O) groups is 2. The molecule has 0 aromatic heterocycles. The van der Waals surface area contributed by atoms with Crippen LogP contribution in [-0.2, 0) is 47.4 Å². The fraction of sp³-hybridized carbons (Fsp3) is 0.742. The maximum atomic E-state index is 11.9. The van der Waals surface area contributed by atoms with Crippen LogP contribution in [0.25, 0.3) is 0 Å². The SMILES string of the molecule is CCCCCCCOCCOCCOCCOCCOCCOCCOCCOCCOC(=O)C(=O)c1ccccc1. The van der Waals surface area contributed by atoms with E-state index < -0.39 is 11.8 Å². The van der Waals surface area contributed by atoms with E-state index in [1.165, 1.54) is 25.7 Å². The molecule has 0 aliphatic rings. The van der Waals surface area contributed by atoms with Gasteiger partial charge in [0.05, 0.1) is 99.1 Å². The minimum absolute atomic E-state index is 0.00470. The van der Waals surface area contributed by atoms with Crippen LogP contribution in [-0.4, -0.2) is 124 Å². The maximum Gasteiger partial charge on any atom is 0.379 e. The van der Waals surface area contributed by atoms with Crippen LogP contribution in [0.3, 0.4) is 0 Å². The Balaban J connectivity index is 1.68. The first-order valence-corrected chi connectivity index (χ1v) is 15.1. The molecular formula is C31H52O11. The lowest BCUT2D eigenvalue weighted by molar-refractivity contribution is -0.139. The molecule has 242 valence electrons. The van der Waals surface area contributed by atoms with Gasteiger partial charge in [0.1, 0.15) is 6.61 Å². The Kier molecular flexibility index (Phi) is 27.6. The van der Waals surface area contributed by atoms with Gasteiger partial charge in [-0.2, -0.15) is 0 Å². The van der Waals surface area contributed by atoms with Crippen molar-refractivity contribution in [2.24, 2.45) is 0 Å². The molecule has 0 bridgehead atoms. The fourth-order valence-corrected chi connectivity index (χ4v) is 3.42. The van der Waals surface area contributed by atoms with E-state index in [0.29, 0.717) is 98.1 Å². The summed E-state index contributed by atoms with van der Waals surface area (Å²) in [6.07, 6.45) is 6.24. The summed E-state index contributed by atoms with van der Waals surface area (Å²) in [5.74, 6) is -1.56. The second-order valence-electron chi connectivity index (χ2n) is 9.14. The normalized spacial score (nSPS) is 11.2. The molecule has 11 nitrogen and oxygen atoms in total. The molecule has 11 heteroatoms. The number of rotatable bonds is 32. The van der Waals surface area contributed by atoms with Gasteiger partial charge in [-0.1, -0.05) is 62.9 Å². The molecule has 0 saturated carbocycles. The summed E-state index contributed by atoms with van der Waals surface area (Å²) in [5, 5.41) is 0. The van der Waals surface area contributed by atoms with Crippen molar-refractivity contribution in [1.82, 2.24) is 0 Å². The van der Waals surface area contributed by atoms with Crippen LogP contribution in [0.4, 0.5) is 0 Å². The smallest absolute Gasteiger partial charge is 0.379 e. The van der Waals surface area contributed by atoms with Crippen molar-refractivity contribution in [3.05, 3.63) is 35.9 Å². The number of hydrogen-bond donors (Lipinski definition) is 0. The number of hydrogen-bond acceptors (Lipinski definition) is 11. The average molecular weight is 601 g/mol. The zero-order valence-electron chi connectivity index (χ0n) is 25.4. The lowest BCUT2D eigenvalue weighted by Crippen LogP contribution is -2.20. The molecule has 1 aromatic rings. The van der Waals surface area contributed by atoms with E-state index in [-0.39, 0.29) is 13.2 Å². The number of ether oxygens (including phenoxy) is 9. The number of benzene rings is 1. The molecule has 0 heterocycles. The number of carbonyl (C=O) groups excluding carboxylic acids is 2. The highest BCUT2D eigenvalue weighted by Gasteiger charge is 2.17. The average Bonchev–Trinajstić information content (AvgIpc) is 3.02. The summed E-state index contributed by atoms with van der Waals surface area (Å²) < 4.78 is 48.5. The highest BCUT2D eigenvalue weighted by atomic mass is 16.6. The van der Waals surface area contributed by atoms with Gasteiger partial charge in [0.2, 0.25) is 0 Å². The van der Waals surface area contributed by atoms with Gasteiger partial charge >= 0.3 is 5.97 Å². The van der Waals surface area contributed by atoms with Gasteiger partial charge in [-0.3, -0.25) is 4.79 Å². The topological polar surface area (TPSA) is 117 Å². The Morgan fingerprint density at radius 2 is 0.810 bits per heavy atom. The molecule has 1 aromatic carbocycles. The van der Waals surface area contributed by atoms with E-state index in [2.05, 4.69) is 6.92 Å². The van der Waals surface area contributed by atoms with Crippen LogP contribution in [0.2, 0.25) is 0 Å². The van der Waals surface area contributed by atoms with E-state index in [1.807, 2.05) is 0 Å².